The lowest BCUT2D eigenvalue weighted by atomic mass is 9.86. The van der Waals surface area contributed by atoms with Crippen molar-refractivity contribution in [2.45, 2.75) is 32.5 Å². The minimum atomic E-state index is -5.08. The van der Waals surface area contributed by atoms with E-state index >= 15 is 0 Å². The Morgan fingerprint density at radius 3 is 2.58 bits per heavy atom. The van der Waals surface area contributed by atoms with Gasteiger partial charge in [0, 0.05) is 50.4 Å². The Bertz CT molecular complexity index is 962. The number of carbonyl (C=O) groups excluding carboxylic acids is 1. The van der Waals surface area contributed by atoms with Crippen LogP contribution < -0.4 is 4.90 Å². The molecule has 2 saturated heterocycles. The van der Waals surface area contributed by atoms with Crippen LogP contribution in [0.15, 0.2) is 30.6 Å². The second kappa shape index (κ2) is 8.66. The third-order valence-corrected chi connectivity index (χ3v) is 5.42. The molecule has 2 aromatic heterocycles. The second-order valence-corrected chi connectivity index (χ2v) is 8.06. The maximum Gasteiger partial charge on any atom is 0.490 e. The summed E-state index contributed by atoms with van der Waals surface area (Å²) in [4.78, 5) is 30.3. The maximum atomic E-state index is 12.5. The van der Waals surface area contributed by atoms with Crippen LogP contribution in [0.4, 0.5) is 18.9 Å². The van der Waals surface area contributed by atoms with Crippen LogP contribution in [-0.4, -0.2) is 62.5 Å². The van der Waals surface area contributed by atoms with Crippen LogP contribution in [0.1, 0.15) is 24.2 Å². The number of pyridine rings is 1. The summed E-state index contributed by atoms with van der Waals surface area (Å²) in [6, 6.07) is 6.17. The van der Waals surface area contributed by atoms with Gasteiger partial charge in [-0.25, -0.2) is 4.79 Å². The highest BCUT2D eigenvalue weighted by molar-refractivity contribution is 5.96. The highest BCUT2D eigenvalue weighted by Gasteiger charge is 2.48. The highest BCUT2D eigenvalue weighted by atomic mass is 19.4. The summed E-state index contributed by atoms with van der Waals surface area (Å²) in [6.45, 7) is 5.69. The number of rotatable bonds is 3. The van der Waals surface area contributed by atoms with Crippen molar-refractivity contribution in [3.8, 4) is 0 Å². The molecule has 0 saturated carbocycles. The van der Waals surface area contributed by atoms with Gasteiger partial charge < -0.3 is 10.0 Å². The zero-order chi connectivity index (χ0) is 22.8. The van der Waals surface area contributed by atoms with Crippen LogP contribution in [0.2, 0.25) is 0 Å². The molecule has 2 aliphatic rings. The summed E-state index contributed by atoms with van der Waals surface area (Å²) in [5.74, 6) is -2.54. The van der Waals surface area contributed by atoms with E-state index in [1.165, 1.54) is 0 Å². The van der Waals surface area contributed by atoms with Crippen molar-refractivity contribution in [2.75, 3.05) is 24.5 Å². The number of nitrogens with zero attached hydrogens (tertiary/aromatic N) is 5. The fourth-order valence-corrected chi connectivity index (χ4v) is 4.03. The van der Waals surface area contributed by atoms with Crippen LogP contribution >= 0.6 is 0 Å². The van der Waals surface area contributed by atoms with Crippen LogP contribution in [0.3, 0.4) is 0 Å². The van der Waals surface area contributed by atoms with E-state index in [4.69, 9.17) is 9.90 Å². The van der Waals surface area contributed by atoms with E-state index in [9.17, 15) is 18.0 Å². The molecule has 0 bridgehead atoms. The van der Waals surface area contributed by atoms with E-state index in [1.807, 2.05) is 31.1 Å². The van der Waals surface area contributed by atoms with E-state index < -0.39 is 12.1 Å². The lowest BCUT2D eigenvalue weighted by Crippen LogP contribution is -2.31. The number of carboxylic acid groups (broad SMARTS) is 1. The number of aromatic nitrogens is 3. The van der Waals surface area contributed by atoms with Crippen molar-refractivity contribution in [1.82, 2.24) is 19.7 Å². The predicted octanol–water partition coefficient (Wildman–Crippen LogP) is 2.39. The molecule has 1 amide bonds. The fraction of sp³-hybridized carbons (Fsp3) is 0.500. The molecule has 0 aliphatic carbocycles. The van der Waals surface area contributed by atoms with Gasteiger partial charge in [-0.05, 0) is 32.0 Å². The van der Waals surface area contributed by atoms with Crippen LogP contribution in [0.25, 0.3) is 0 Å². The Kier molecular flexibility index (Phi) is 6.35. The SMILES string of the molecule is Cc1cccc(CN2CCC3(CC(=O)N(c4cnn(C)c4)C3)C2)n1.O=C(O)C(F)(F)F. The van der Waals surface area contributed by atoms with Gasteiger partial charge in [-0.2, -0.15) is 18.3 Å². The lowest BCUT2D eigenvalue weighted by molar-refractivity contribution is -0.192. The van der Waals surface area contributed by atoms with Gasteiger partial charge in [0.1, 0.15) is 0 Å². The molecular weight excluding hydrogens is 415 g/mol. The van der Waals surface area contributed by atoms with E-state index in [2.05, 4.69) is 27.1 Å². The van der Waals surface area contributed by atoms with Gasteiger partial charge in [-0.1, -0.05) is 6.07 Å². The Hall–Kier alpha value is -2.95. The van der Waals surface area contributed by atoms with Gasteiger partial charge in [0.25, 0.3) is 0 Å². The van der Waals surface area contributed by atoms with Crippen LogP contribution in [0.5, 0.6) is 0 Å². The number of hydrogen-bond acceptors (Lipinski definition) is 5. The molecule has 168 valence electrons. The molecule has 0 aromatic carbocycles. The summed E-state index contributed by atoms with van der Waals surface area (Å²) in [6.07, 6.45) is 0.321. The van der Waals surface area contributed by atoms with Crippen LogP contribution in [0, 0.1) is 12.3 Å². The normalized spacial score (nSPS) is 21.5. The standard InChI is InChI=1S/C18H23N5O.C2HF3O2/c1-14-4-3-5-15(20-14)10-22-7-6-18(12-22)8-17(24)23(13-18)16-9-19-21(2)11-16;3-2(4,5)1(6)7/h3-5,9,11H,6-8,10,12-13H2,1-2H3;(H,6,7). The summed E-state index contributed by atoms with van der Waals surface area (Å²) in [5.41, 5.74) is 3.16. The first kappa shape index (κ1) is 22.7. The summed E-state index contributed by atoms with van der Waals surface area (Å²) in [5, 5.41) is 11.3. The van der Waals surface area contributed by atoms with Crippen molar-refractivity contribution in [3.05, 3.63) is 42.0 Å². The number of halogens is 3. The monoisotopic (exact) mass is 439 g/mol. The van der Waals surface area contributed by atoms with E-state index in [-0.39, 0.29) is 11.3 Å². The molecule has 0 radical (unpaired) electrons. The van der Waals surface area contributed by atoms with Gasteiger partial charge in [0.15, 0.2) is 0 Å². The zero-order valence-electron chi connectivity index (χ0n) is 17.3. The number of anilines is 1. The van der Waals surface area contributed by atoms with Gasteiger partial charge in [0.2, 0.25) is 5.91 Å². The molecular formula is C20H24F3N5O3. The Morgan fingerprint density at radius 2 is 2.00 bits per heavy atom. The Morgan fingerprint density at radius 1 is 1.29 bits per heavy atom. The molecule has 2 fully saturated rings. The van der Waals surface area contributed by atoms with E-state index in [1.54, 1.807) is 10.9 Å². The molecule has 2 aromatic rings. The highest BCUT2D eigenvalue weighted by Crippen LogP contribution is 2.42. The molecule has 2 aliphatic heterocycles. The number of alkyl halides is 3. The first-order chi connectivity index (χ1) is 14.5. The van der Waals surface area contributed by atoms with Crippen LogP contribution in [-0.2, 0) is 23.2 Å². The maximum absolute atomic E-state index is 12.5. The van der Waals surface area contributed by atoms with Gasteiger partial charge >= 0.3 is 12.1 Å². The average molecular weight is 439 g/mol. The third-order valence-electron chi connectivity index (χ3n) is 5.42. The van der Waals surface area contributed by atoms with Gasteiger partial charge in [-0.3, -0.25) is 19.4 Å². The summed E-state index contributed by atoms with van der Waals surface area (Å²) < 4.78 is 33.5. The number of amides is 1. The molecule has 11 heteroatoms. The molecule has 1 atom stereocenters. The van der Waals surface area contributed by atoms with Crippen molar-refractivity contribution in [2.24, 2.45) is 12.5 Å². The topological polar surface area (TPSA) is 91.6 Å². The zero-order valence-corrected chi connectivity index (χ0v) is 17.3. The first-order valence-corrected chi connectivity index (χ1v) is 9.71. The van der Waals surface area contributed by atoms with Crippen molar-refractivity contribution < 1.29 is 27.9 Å². The minimum Gasteiger partial charge on any atom is -0.475 e. The Balaban J connectivity index is 0.000000339. The summed E-state index contributed by atoms with van der Waals surface area (Å²) >= 11 is 0. The average Bonchev–Trinajstić information content (AvgIpc) is 3.34. The van der Waals surface area contributed by atoms with Crippen molar-refractivity contribution in [3.63, 3.8) is 0 Å². The molecule has 1 N–H and O–H groups in total. The second-order valence-electron chi connectivity index (χ2n) is 8.06. The number of carbonyl (C=O) groups is 2. The number of aliphatic carboxylic acids is 1. The lowest BCUT2D eigenvalue weighted by Gasteiger charge is -2.23. The largest absolute Gasteiger partial charge is 0.490 e. The Labute approximate surface area is 177 Å². The number of carboxylic acids is 1. The van der Waals surface area contributed by atoms with Gasteiger partial charge in [-0.15, -0.1) is 0 Å². The van der Waals surface area contributed by atoms with E-state index in [0.717, 1.165) is 49.7 Å². The molecule has 31 heavy (non-hydrogen) atoms. The number of likely N-dealkylation sites (tertiary alicyclic amines) is 1. The molecule has 1 unspecified atom stereocenters. The molecule has 4 heterocycles. The third kappa shape index (κ3) is 5.60. The van der Waals surface area contributed by atoms with E-state index in [0.29, 0.717) is 6.42 Å². The fourth-order valence-electron chi connectivity index (χ4n) is 4.03. The van der Waals surface area contributed by atoms with Crippen molar-refractivity contribution >= 4 is 17.6 Å². The van der Waals surface area contributed by atoms with Crippen molar-refractivity contribution in [1.29, 1.82) is 0 Å². The quantitative estimate of drug-likeness (QED) is 0.790. The number of hydrogen-bond donors (Lipinski definition) is 1. The molecule has 8 nitrogen and oxygen atoms in total. The molecule has 4 rings (SSSR count). The smallest absolute Gasteiger partial charge is 0.475 e. The summed E-state index contributed by atoms with van der Waals surface area (Å²) in [7, 11) is 1.88. The first-order valence-electron chi connectivity index (χ1n) is 9.71. The van der Waals surface area contributed by atoms with Gasteiger partial charge in [0.05, 0.1) is 17.6 Å². The number of aryl methyl sites for hydroxylation is 2. The minimum absolute atomic E-state index is 0.0801. The molecule has 1 spiro atoms. The predicted molar refractivity (Wildman–Crippen MR) is 105 cm³/mol.